The van der Waals surface area contributed by atoms with Crippen molar-refractivity contribution in [2.75, 3.05) is 11.6 Å². The lowest BCUT2D eigenvalue weighted by atomic mass is 9.88. The molecule has 5 heteroatoms. The molecule has 1 unspecified atom stereocenters. The molecule has 118 valence electrons. The van der Waals surface area contributed by atoms with E-state index in [9.17, 15) is 10.1 Å². The predicted octanol–water partition coefficient (Wildman–Crippen LogP) is 4.72. The maximum absolute atomic E-state index is 12.6. The zero-order valence-corrected chi connectivity index (χ0v) is 14.8. The lowest BCUT2D eigenvalue weighted by Gasteiger charge is -2.17. The van der Waals surface area contributed by atoms with Crippen LogP contribution in [0, 0.1) is 17.2 Å². The van der Waals surface area contributed by atoms with Crippen molar-refractivity contribution in [3.8, 4) is 6.07 Å². The first kappa shape index (κ1) is 16.1. The molecule has 0 fully saturated rings. The molecule has 0 bridgehead atoms. The van der Waals surface area contributed by atoms with Gasteiger partial charge >= 0.3 is 0 Å². The van der Waals surface area contributed by atoms with Crippen molar-refractivity contribution in [3.05, 3.63) is 45.8 Å². The van der Waals surface area contributed by atoms with E-state index < -0.39 is 0 Å². The normalized spacial score (nSPS) is 16.5. The molecule has 3 nitrogen and oxygen atoms in total. The standard InChI is InChI=1S/C18H18N2OS2/c1-11-7-8-12-14(10-19)18(23-16(12)9-11)20-17(21)13-5-3-4-6-15(13)22-2/h3-6,11H,7-9H2,1-2H3,(H,20,21). The van der Waals surface area contributed by atoms with Gasteiger partial charge in [0.25, 0.3) is 5.91 Å². The summed E-state index contributed by atoms with van der Waals surface area (Å²) < 4.78 is 0. The monoisotopic (exact) mass is 342 g/mol. The van der Waals surface area contributed by atoms with Gasteiger partial charge < -0.3 is 5.32 Å². The first-order valence-electron chi connectivity index (χ1n) is 7.63. The van der Waals surface area contributed by atoms with Crippen LogP contribution in [0.3, 0.4) is 0 Å². The van der Waals surface area contributed by atoms with Gasteiger partial charge in [-0.25, -0.2) is 0 Å². The molecule has 1 aromatic heterocycles. The van der Waals surface area contributed by atoms with Gasteiger partial charge in [-0.3, -0.25) is 4.79 Å². The molecule has 2 aromatic rings. The summed E-state index contributed by atoms with van der Waals surface area (Å²) >= 11 is 3.11. The van der Waals surface area contributed by atoms with Gasteiger partial charge in [0.15, 0.2) is 0 Å². The van der Waals surface area contributed by atoms with Crippen LogP contribution in [0.4, 0.5) is 5.00 Å². The van der Waals surface area contributed by atoms with Crippen LogP contribution >= 0.6 is 23.1 Å². The van der Waals surface area contributed by atoms with Crippen LogP contribution in [-0.2, 0) is 12.8 Å². The second-order valence-electron chi connectivity index (χ2n) is 5.82. The van der Waals surface area contributed by atoms with E-state index in [0.717, 1.165) is 29.7 Å². The van der Waals surface area contributed by atoms with E-state index in [0.29, 0.717) is 22.0 Å². The SMILES string of the molecule is CSc1ccccc1C(=O)Nc1sc2c(c1C#N)CCC(C)C2. The highest BCUT2D eigenvalue weighted by Crippen LogP contribution is 2.39. The molecule has 0 radical (unpaired) electrons. The number of anilines is 1. The molecule has 0 spiro atoms. The van der Waals surface area contributed by atoms with Crippen molar-refractivity contribution in [2.24, 2.45) is 5.92 Å². The number of hydrogen-bond donors (Lipinski definition) is 1. The van der Waals surface area contributed by atoms with Gasteiger partial charge in [0, 0.05) is 9.77 Å². The molecular weight excluding hydrogens is 324 g/mol. The molecule has 1 N–H and O–H groups in total. The van der Waals surface area contributed by atoms with E-state index in [2.05, 4.69) is 18.3 Å². The highest BCUT2D eigenvalue weighted by atomic mass is 32.2. The number of benzene rings is 1. The Morgan fingerprint density at radius 3 is 2.96 bits per heavy atom. The summed E-state index contributed by atoms with van der Waals surface area (Å²) in [5.74, 6) is 0.506. The Balaban J connectivity index is 1.91. The van der Waals surface area contributed by atoms with E-state index in [4.69, 9.17) is 0 Å². The van der Waals surface area contributed by atoms with Crippen molar-refractivity contribution >= 4 is 34.0 Å². The molecular formula is C18H18N2OS2. The molecule has 0 saturated heterocycles. The summed E-state index contributed by atoms with van der Waals surface area (Å²) in [5, 5.41) is 13.2. The van der Waals surface area contributed by atoms with Gasteiger partial charge in [0.05, 0.1) is 11.1 Å². The summed E-state index contributed by atoms with van der Waals surface area (Å²) in [6.07, 6.45) is 5.01. The molecule has 1 aliphatic carbocycles. The number of hydrogen-bond acceptors (Lipinski definition) is 4. The highest BCUT2D eigenvalue weighted by Gasteiger charge is 2.25. The minimum absolute atomic E-state index is 0.141. The topological polar surface area (TPSA) is 52.9 Å². The Morgan fingerprint density at radius 1 is 1.43 bits per heavy atom. The number of carbonyl (C=O) groups excluding carboxylic acids is 1. The number of nitrogens with zero attached hydrogens (tertiary/aromatic N) is 1. The number of nitrogens with one attached hydrogen (secondary N) is 1. The van der Waals surface area contributed by atoms with E-state index >= 15 is 0 Å². The third kappa shape index (κ3) is 3.15. The average Bonchev–Trinajstić information content (AvgIpc) is 2.90. The fraction of sp³-hybridized carbons (Fsp3) is 0.333. The van der Waals surface area contributed by atoms with E-state index in [1.165, 1.54) is 4.88 Å². The van der Waals surface area contributed by atoms with Gasteiger partial charge in [-0.05, 0) is 49.1 Å². The van der Waals surface area contributed by atoms with Crippen LogP contribution in [0.1, 0.15) is 39.7 Å². The van der Waals surface area contributed by atoms with Crippen molar-refractivity contribution in [3.63, 3.8) is 0 Å². The Labute approximate surface area is 144 Å². The predicted molar refractivity (Wildman–Crippen MR) is 96.4 cm³/mol. The minimum atomic E-state index is -0.141. The second kappa shape index (κ2) is 6.77. The zero-order valence-electron chi connectivity index (χ0n) is 13.2. The third-order valence-corrected chi connectivity index (χ3v) is 6.17. The van der Waals surface area contributed by atoms with Crippen molar-refractivity contribution in [2.45, 2.75) is 31.1 Å². The van der Waals surface area contributed by atoms with Crippen molar-refractivity contribution < 1.29 is 4.79 Å². The molecule has 1 heterocycles. The van der Waals surface area contributed by atoms with Gasteiger partial charge in [-0.1, -0.05) is 19.1 Å². The van der Waals surface area contributed by atoms with Crippen LogP contribution in [-0.4, -0.2) is 12.2 Å². The number of carbonyl (C=O) groups is 1. The number of rotatable bonds is 3. The van der Waals surface area contributed by atoms with E-state index in [1.54, 1.807) is 23.1 Å². The molecule has 0 aliphatic heterocycles. The van der Waals surface area contributed by atoms with E-state index in [-0.39, 0.29) is 5.91 Å². The van der Waals surface area contributed by atoms with E-state index in [1.807, 2.05) is 30.5 Å². The fourth-order valence-electron chi connectivity index (χ4n) is 2.96. The molecule has 3 rings (SSSR count). The number of fused-ring (bicyclic) bond motifs is 1. The largest absolute Gasteiger partial charge is 0.312 e. The van der Waals surface area contributed by atoms with Gasteiger partial charge in [0.1, 0.15) is 11.1 Å². The summed E-state index contributed by atoms with van der Waals surface area (Å²) in [6, 6.07) is 9.84. The fourth-order valence-corrected chi connectivity index (χ4v) is 4.91. The molecule has 0 saturated carbocycles. The third-order valence-electron chi connectivity index (χ3n) is 4.20. The second-order valence-corrected chi connectivity index (χ2v) is 7.78. The van der Waals surface area contributed by atoms with Crippen LogP contribution in [0.2, 0.25) is 0 Å². The van der Waals surface area contributed by atoms with Crippen molar-refractivity contribution in [1.82, 2.24) is 0 Å². The molecule has 1 amide bonds. The molecule has 1 atom stereocenters. The molecule has 1 aliphatic rings. The Hall–Kier alpha value is -1.77. The van der Waals surface area contributed by atoms with Crippen molar-refractivity contribution in [1.29, 1.82) is 5.26 Å². The Morgan fingerprint density at radius 2 is 2.22 bits per heavy atom. The van der Waals surface area contributed by atoms with Crippen LogP contribution in [0.5, 0.6) is 0 Å². The maximum atomic E-state index is 12.6. The first-order valence-corrected chi connectivity index (χ1v) is 9.67. The summed E-state index contributed by atoms with van der Waals surface area (Å²) in [4.78, 5) is 14.8. The number of amides is 1. The Kier molecular flexibility index (Phi) is 4.74. The smallest absolute Gasteiger partial charge is 0.257 e. The number of nitriles is 1. The average molecular weight is 342 g/mol. The van der Waals surface area contributed by atoms with Crippen LogP contribution < -0.4 is 5.32 Å². The lowest BCUT2D eigenvalue weighted by molar-refractivity contribution is 0.102. The first-order chi connectivity index (χ1) is 11.1. The molecule has 23 heavy (non-hydrogen) atoms. The van der Waals surface area contributed by atoms with Crippen LogP contribution in [0.15, 0.2) is 29.2 Å². The minimum Gasteiger partial charge on any atom is -0.312 e. The zero-order chi connectivity index (χ0) is 16.4. The summed E-state index contributed by atoms with van der Waals surface area (Å²) in [7, 11) is 0. The van der Waals surface area contributed by atoms with Gasteiger partial charge in [-0.2, -0.15) is 5.26 Å². The summed E-state index contributed by atoms with van der Waals surface area (Å²) in [6.45, 7) is 2.24. The van der Waals surface area contributed by atoms with Gasteiger partial charge in [0.2, 0.25) is 0 Å². The number of thioether (sulfide) groups is 1. The highest BCUT2D eigenvalue weighted by molar-refractivity contribution is 7.98. The Bertz CT molecular complexity index is 789. The summed E-state index contributed by atoms with van der Waals surface area (Å²) in [5.41, 5.74) is 2.46. The lowest BCUT2D eigenvalue weighted by Crippen LogP contribution is -2.13. The maximum Gasteiger partial charge on any atom is 0.257 e. The van der Waals surface area contributed by atoms with Crippen LogP contribution in [0.25, 0.3) is 0 Å². The number of thiophene rings is 1. The molecule has 1 aromatic carbocycles. The van der Waals surface area contributed by atoms with Gasteiger partial charge in [-0.15, -0.1) is 23.1 Å². The quantitative estimate of drug-likeness (QED) is 0.821.